The Bertz CT molecular complexity index is 357. The van der Waals surface area contributed by atoms with E-state index < -0.39 is 0 Å². The Morgan fingerprint density at radius 2 is 1.94 bits per heavy atom. The average Bonchev–Trinajstić information content (AvgIpc) is 2.30. The van der Waals surface area contributed by atoms with Crippen molar-refractivity contribution in [1.82, 2.24) is 14.9 Å². The summed E-state index contributed by atoms with van der Waals surface area (Å²) in [5.74, 6) is 1.63. The number of hydrogen-bond acceptors (Lipinski definition) is 5. The zero-order valence-corrected chi connectivity index (χ0v) is 9.98. The summed E-state index contributed by atoms with van der Waals surface area (Å²) in [6.45, 7) is 6.27. The predicted molar refractivity (Wildman–Crippen MR) is 65.5 cm³/mol. The van der Waals surface area contributed by atoms with Gasteiger partial charge in [0, 0.05) is 31.7 Å². The molecule has 1 fully saturated rings. The second kappa shape index (κ2) is 4.65. The topological polar surface area (TPSA) is 58.3 Å². The first-order valence-corrected chi connectivity index (χ1v) is 5.75. The fourth-order valence-electron chi connectivity index (χ4n) is 2.05. The van der Waals surface area contributed by atoms with Crippen LogP contribution in [0.1, 0.15) is 12.5 Å². The number of nitrogen functional groups attached to an aromatic ring is 1. The SMILES string of the molecule is CCc1c(N)ncnc1N1CCN(C)CC1. The van der Waals surface area contributed by atoms with Gasteiger partial charge >= 0.3 is 0 Å². The molecule has 1 saturated heterocycles. The van der Waals surface area contributed by atoms with Gasteiger partial charge in [-0.3, -0.25) is 0 Å². The van der Waals surface area contributed by atoms with E-state index in [0.717, 1.165) is 44.0 Å². The van der Waals surface area contributed by atoms with Gasteiger partial charge < -0.3 is 15.5 Å². The van der Waals surface area contributed by atoms with Gasteiger partial charge in [0.2, 0.25) is 0 Å². The zero-order chi connectivity index (χ0) is 11.5. The Hall–Kier alpha value is -1.36. The van der Waals surface area contributed by atoms with Crippen molar-refractivity contribution >= 4 is 11.6 Å². The number of nitrogens with two attached hydrogens (primary N) is 1. The molecule has 0 aliphatic carbocycles. The van der Waals surface area contributed by atoms with Crippen molar-refractivity contribution < 1.29 is 0 Å². The van der Waals surface area contributed by atoms with Gasteiger partial charge in [-0.15, -0.1) is 0 Å². The number of anilines is 2. The van der Waals surface area contributed by atoms with Crippen LogP contribution in [-0.2, 0) is 6.42 Å². The first kappa shape index (κ1) is 11.1. The molecule has 16 heavy (non-hydrogen) atoms. The summed E-state index contributed by atoms with van der Waals surface area (Å²) in [7, 11) is 2.15. The molecule has 2 rings (SSSR count). The zero-order valence-electron chi connectivity index (χ0n) is 9.98. The van der Waals surface area contributed by atoms with Crippen molar-refractivity contribution in [3.8, 4) is 0 Å². The van der Waals surface area contributed by atoms with Crippen LogP contribution in [0.4, 0.5) is 11.6 Å². The van der Waals surface area contributed by atoms with E-state index in [1.807, 2.05) is 0 Å². The minimum Gasteiger partial charge on any atom is -0.383 e. The molecule has 0 amide bonds. The fraction of sp³-hybridized carbons (Fsp3) is 0.636. The van der Waals surface area contributed by atoms with Crippen molar-refractivity contribution in [2.75, 3.05) is 43.9 Å². The van der Waals surface area contributed by atoms with E-state index in [1.54, 1.807) is 6.33 Å². The largest absolute Gasteiger partial charge is 0.383 e. The monoisotopic (exact) mass is 221 g/mol. The highest BCUT2D eigenvalue weighted by Gasteiger charge is 2.18. The number of hydrogen-bond donors (Lipinski definition) is 1. The Labute approximate surface area is 96.3 Å². The van der Waals surface area contributed by atoms with Crippen LogP contribution in [0.3, 0.4) is 0 Å². The van der Waals surface area contributed by atoms with Crippen molar-refractivity contribution in [1.29, 1.82) is 0 Å². The first-order chi connectivity index (χ1) is 7.72. The van der Waals surface area contributed by atoms with Crippen molar-refractivity contribution in [3.05, 3.63) is 11.9 Å². The summed E-state index contributed by atoms with van der Waals surface area (Å²) < 4.78 is 0. The van der Waals surface area contributed by atoms with Crippen molar-refractivity contribution in [3.63, 3.8) is 0 Å². The Morgan fingerprint density at radius 1 is 1.25 bits per heavy atom. The molecule has 1 aliphatic heterocycles. The third-order valence-corrected chi connectivity index (χ3v) is 3.11. The first-order valence-electron chi connectivity index (χ1n) is 5.75. The van der Waals surface area contributed by atoms with Gasteiger partial charge in [-0.1, -0.05) is 6.92 Å². The summed E-state index contributed by atoms with van der Waals surface area (Å²) in [5, 5.41) is 0. The van der Waals surface area contributed by atoms with Crippen LogP contribution in [0.5, 0.6) is 0 Å². The second-order valence-electron chi connectivity index (χ2n) is 4.20. The predicted octanol–water partition coefficient (Wildman–Crippen LogP) is 0.373. The van der Waals surface area contributed by atoms with Gasteiger partial charge in [0.05, 0.1) is 0 Å². The molecule has 0 bridgehead atoms. The summed E-state index contributed by atoms with van der Waals surface area (Å²) in [6, 6.07) is 0. The maximum Gasteiger partial charge on any atom is 0.137 e. The van der Waals surface area contributed by atoms with Gasteiger partial charge in [-0.25, -0.2) is 9.97 Å². The van der Waals surface area contributed by atoms with E-state index in [-0.39, 0.29) is 0 Å². The molecule has 1 aliphatic rings. The van der Waals surface area contributed by atoms with Crippen LogP contribution in [0.15, 0.2) is 6.33 Å². The fourth-order valence-corrected chi connectivity index (χ4v) is 2.05. The molecule has 5 nitrogen and oxygen atoms in total. The number of nitrogens with zero attached hydrogens (tertiary/aromatic N) is 4. The van der Waals surface area contributed by atoms with Crippen molar-refractivity contribution in [2.24, 2.45) is 0 Å². The van der Waals surface area contributed by atoms with E-state index in [9.17, 15) is 0 Å². The normalized spacial score (nSPS) is 17.8. The highest BCUT2D eigenvalue weighted by Crippen LogP contribution is 2.22. The lowest BCUT2D eigenvalue weighted by molar-refractivity contribution is 0.312. The summed E-state index contributed by atoms with van der Waals surface area (Å²) >= 11 is 0. The lowest BCUT2D eigenvalue weighted by atomic mass is 10.2. The Kier molecular flexibility index (Phi) is 3.24. The van der Waals surface area contributed by atoms with E-state index in [1.165, 1.54) is 0 Å². The third kappa shape index (κ3) is 2.09. The Morgan fingerprint density at radius 3 is 2.56 bits per heavy atom. The summed E-state index contributed by atoms with van der Waals surface area (Å²) in [5.41, 5.74) is 6.95. The molecule has 1 aromatic heterocycles. The van der Waals surface area contributed by atoms with Gasteiger partial charge in [0.25, 0.3) is 0 Å². The highest BCUT2D eigenvalue weighted by atomic mass is 15.3. The molecular formula is C11H19N5. The number of piperazine rings is 1. The molecule has 0 saturated carbocycles. The van der Waals surface area contributed by atoms with Crippen LogP contribution in [0.2, 0.25) is 0 Å². The second-order valence-corrected chi connectivity index (χ2v) is 4.20. The van der Waals surface area contributed by atoms with Gasteiger partial charge in [0.15, 0.2) is 0 Å². The quantitative estimate of drug-likeness (QED) is 0.782. The lowest BCUT2D eigenvalue weighted by Gasteiger charge is -2.34. The summed E-state index contributed by atoms with van der Waals surface area (Å²) in [6.07, 6.45) is 2.44. The molecule has 2 N–H and O–H groups in total. The van der Waals surface area contributed by atoms with Crippen LogP contribution in [0.25, 0.3) is 0 Å². The van der Waals surface area contributed by atoms with Crippen LogP contribution in [0, 0.1) is 0 Å². The standard InChI is InChI=1S/C11H19N5/c1-3-9-10(12)13-8-14-11(9)16-6-4-15(2)5-7-16/h8H,3-7H2,1-2H3,(H2,12,13,14). The maximum absolute atomic E-state index is 5.88. The molecule has 1 aromatic rings. The number of likely N-dealkylation sites (N-methyl/N-ethyl adjacent to an activating group) is 1. The van der Waals surface area contributed by atoms with Gasteiger partial charge in [0.1, 0.15) is 18.0 Å². The molecule has 2 heterocycles. The molecule has 0 spiro atoms. The molecular weight excluding hydrogens is 202 g/mol. The van der Waals surface area contributed by atoms with Crippen LogP contribution >= 0.6 is 0 Å². The number of rotatable bonds is 2. The van der Waals surface area contributed by atoms with E-state index in [0.29, 0.717) is 5.82 Å². The molecule has 0 radical (unpaired) electrons. The van der Waals surface area contributed by atoms with Crippen LogP contribution < -0.4 is 10.6 Å². The smallest absolute Gasteiger partial charge is 0.137 e. The highest BCUT2D eigenvalue weighted by molar-refractivity contribution is 5.56. The number of aromatic nitrogens is 2. The van der Waals surface area contributed by atoms with Gasteiger partial charge in [-0.2, -0.15) is 0 Å². The average molecular weight is 221 g/mol. The molecule has 0 atom stereocenters. The maximum atomic E-state index is 5.88. The van der Waals surface area contributed by atoms with Crippen LogP contribution in [-0.4, -0.2) is 48.1 Å². The minimum atomic E-state index is 0.617. The van der Waals surface area contributed by atoms with E-state index in [4.69, 9.17) is 5.73 Å². The lowest BCUT2D eigenvalue weighted by Crippen LogP contribution is -2.45. The van der Waals surface area contributed by atoms with Gasteiger partial charge in [-0.05, 0) is 13.5 Å². The van der Waals surface area contributed by atoms with E-state index in [2.05, 4.69) is 33.7 Å². The molecule has 0 unspecified atom stereocenters. The van der Waals surface area contributed by atoms with Crippen molar-refractivity contribution in [2.45, 2.75) is 13.3 Å². The van der Waals surface area contributed by atoms with E-state index >= 15 is 0 Å². The molecule has 0 aromatic carbocycles. The third-order valence-electron chi connectivity index (χ3n) is 3.11. The molecule has 88 valence electrons. The minimum absolute atomic E-state index is 0.617. The molecule has 5 heteroatoms. The summed E-state index contributed by atoms with van der Waals surface area (Å²) in [4.78, 5) is 13.1. The Balaban J connectivity index is 2.23.